The highest BCUT2D eigenvalue weighted by atomic mass is 16.4. The first-order valence-corrected chi connectivity index (χ1v) is 9.22. The second-order valence-corrected chi connectivity index (χ2v) is 6.47. The molecule has 5 heteroatoms. The number of unbranched alkanes of at least 4 members (excludes halogenated alkanes) is 1. The fourth-order valence-corrected chi connectivity index (χ4v) is 3.01. The minimum absolute atomic E-state index is 0.191. The van der Waals surface area contributed by atoms with Gasteiger partial charge in [0.15, 0.2) is 0 Å². The number of aryl methyl sites for hydroxylation is 2. The first kappa shape index (κ1) is 19.8. The Bertz CT molecular complexity index is 742. The van der Waals surface area contributed by atoms with Crippen LogP contribution in [0.4, 0.5) is 5.69 Å². The summed E-state index contributed by atoms with van der Waals surface area (Å²) in [5, 5.41) is 2.94. The molecule has 1 N–H and O–H groups in total. The van der Waals surface area contributed by atoms with E-state index in [1.54, 1.807) is 13.8 Å². The molecule has 0 radical (unpaired) electrons. The van der Waals surface area contributed by atoms with Crippen LogP contribution in [0.3, 0.4) is 0 Å². The first-order valence-electron chi connectivity index (χ1n) is 9.22. The summed E-state index contributed by atoms with van der Waals surface area (Å²) < 4.78 is 5.03. The van der Waals surface area contributed by atoms with Gasteiger partial charge in [-0.3, -0.25) is 4.79 Å². The predicted octanol–water partition coefficient (Wildman–Crippen LogP) is 3.68. The molecule has 5 nitrogen and oxygen atoms in total. The van der Waals surface area contributed by atoms with Gasteiger partial charge in [0.2, 0.25) is 0 Å². The van der Waals surface area contributed by atoms with Crippen molar-refractivity contribution in [2.45, 2.75) is 40.0 Å². The normalized spacial score (nSPS) is 10.6. The van der Waals surface area contributed by atoms with Gasteiger partial charge in [0.25, 0.3) is 5.91 Å². The van der Waals surface area contributed by atoms with E-state index in [0.29, 0.717) is 23.4 Å². The zero-order valence-corrected chi connectivity index (χ0v) is 15.9. The topological polar surface area (TPSA) is 62.6 Å². The average Bonchev–Trinajstić information content (AvgIpc) is 2.61. The molecule has 140 valence electrons. The van der Waals surface area contributed by atoms with Crippen LogP contribution >= 0.6 is 0 Å². The highest BCUT2D eigenvalue weighted by Gasteiger charge is 2.15. The number of para-hydroxylation sites is 1. The minimum Gasteiger partial charge on any atom is -0.427 e. The summed E-state index contributed by atoms with van der Waals surface area (Å²) in [6.07, 6.45) is 3.14. The van der Waals surface area contributed by atoms with E-state index in [4.69, 9.17) is 4.42 Å². The highest BCUT2D eigenvalue weighted by Crippen LogP contribution is 2.14. The fraction of sp³-hybridized carbons (Fsp3) is 0.429. The summed E-state index contributed by atoms with van der Waals surface area (Å²) in [5.41, 5.74) is 1.88. The van der Waals surface area contributed by atoms with Crippen molar-refractivity contribution >= 4 is 11.6 Å². The summed E-state index contributed by atoms with van der Waals surface area (Å²) in [5.74, 6) is 0.171. The number of rotatable bonds is 9. The zero-order chi connectivity index (χ0) is 18.9. The average molecular weight is 356 g/mol. The summed E-state index contributed by atoms with van der Waals surface area (Å²) in [4.78, 5) is 26.1. The Hall–Kier alpha value is -2.56. The lowest BCUT2D eigenvalue weighted by Crippen LogP contribution is -2.31. The molecular weight excluding hydrogens is 328 g/mol. The predicted molar refractivity (Wildman–Crippen MR) is 105 cm³/mol. The standard InChI is InChI=1S/C21H28N2O3/c1-4-5-13-23(18-10-7-6-8-11-18)14-9-12-22-21(25)20-16(2)15-19(24)26-17(20)3/h6-8,10-11,15H,4-5,9,12-14H2,1-3H3,(H,22,25). The molecule has 26 heavy (non-hydrogen) atoms. The molecule has 0 aliphatic carbocycles. The monoisotopic (exact) mass is 356 g/mol. The molecule has 0 unspecified atom stereocenters. The van der Waals surface area contributed by atoms with Crippen LogP contribution in [0.1, 0.15) is 47.9 Å². The van der Waals surface area contributed by atoms with Crippen LogP contribution in [0.25, 0.3) is 0 Å². The van der Waals surface area contributed by atoms with Crippen LogP contribution in [0.15, 0.2) is 45.6 Å². The third-order valence-electron chi connectivity index (χ3n) is 4.35. The van der Waals surface area contributed by atoms with Crippen LogP contribution < -0.4 is 15.8 Å². The van der Waals surface area contributed by atoms with Gasteiger partial charge in [-0.05, 0) is 44.4 Å². The van der Waals surface area contributed by atoms with Gasteiger partial charge in [0.05, 0.1) is 5.56 Å². The third-order valence-corrected chi connectivity index (χ3v) is 4.35. The van der Waals surface area contributed by atoms with E-state index in [1.165, 1.54) is 11.8 Å². The van der Waals surface area contributed by atoms with Crippen molar-refractivity contribution in [1.29, 1.82) is 0 Å². The van der Waals surface area contributed by atoms with Gasteiger partial charge in [0.1, 0.15) is 5.76 Å². The van der Waals surface area contributed by atoms with Crippen molar-refractivity contribution in [3.05, 3.63) is 63.7 Å². The number of anilines is 1. The Morgan fingerprint density at radius 3 is 2.46 bits per heavy atom. The van der Waals surface area contributed by atoms with E-state index in [2.05, 4.69) is 29.3 Å². The Morgan fingerprint density at radius 1 is 1.12 bits per heavy atom. The molecule has 2 aromatic rings. The molecule has 0 aliphatic heterocycles. The molecule has 1 heterocycles. The Balaban J connectivity index is 1.90. The van der Waals surface area contributed by atoms with Crippen molar-refractivity contribution in [3.63, 3.8) is 0 Å². The molecule has 1 aromatic carbocycles. The van der Waals surface area contributed by atoms with E-state index < -0.39 is 5.63 Å². The summed E-state index contributed by atoms with van der Waals surface area (Å²) in [6.45, 7) is 8.05. The van der Waals surface area contributed by atoms with Crippen molar-refractivity contribution in [1.82, 2.24) is 5.32 Å². The lowest BCUT2D eigenvalue weighted by molar-refractivity contribution is 0.0949. The molecule has 0 saturated heterocycles. The Labute approximate surface area is 155 Å². The van der Waals surface area contributed by atoms with Crippen molar-refractivity contribution in [2.24, 2.45) is 0 Å². The smallest absolute Gasteiger partial charge is 0.336 e. The quantitative estimate of drug-likeness (QED) is 0.696. The van der Waals surface area contributed by atoms with Crippen LogP contribution in [0.2, 0.25) is 0 Å². The molecule has 0 aliphatic rings. The van der Waals surface area contributed by atoms with Crippen LogP contribution in [0.5, 0.6) is 0 Å². The van der Waals surface area contributed by atoms with Gasteiger partial charge in [-0.2, -0.15) is 0 Å². The maximum Gasteiger partial charge on any atom is 0.336 e. The number of carbonyl (C=O) groups excluding carboxylic acids is 1. The van der Waals surface area contributed by atoms with E-state index in [-0.39, 0.29) is 5.91 Å². The molecule has 0 spiro atoms. The lowest BCUT2D eigenvalue weighted by Gasteiger charge is -2.25. The maximum absolute atomic E-state index is 12.4. The van der Waals surface area contributed by atoms with Crippen LogP contribution in [-0.4, -0.2) is 25.5 Å². The van der Waals surface area contributed by atoms with Crippen LogP contribution in [-0.2, 0) is 0 Å². The molecule has 0 atom stereocenters. The van der Waals surface area contributed by atoms with E-state index in [0.717, 1.165) is 32.4 Å². The van der Waals surface area contributed by atoms with Crippen molar-refractivity contribution in [3.8, 4) is 0 Å². The molecular formula is C21H28N2O3. The first-order chi connectivity index (χ1) is 12.5. The summed E-state index contributed by atoms with van der Waals surface area (Å²) >= 11 is 0. The second-order valence-electron chi connectivity index (χ2n) is 6.47. The highest BCUT2D eigenvalue weighted by molar-refractivity contribution is 5.96. The molecule has 0 bridgehead atoms. The Morgan fingerprint density at radius 2 is 1.81 bits per heavy atom. The summed E-state index contributed by atoms with van der Waals surface area (Å²) in [6, 6.07) is 11.7. The number of nitrogens with zero attached hydrogens (tertiary/aromatic N) is 1. The van der Waals surface area contributed by atoms with E-state index in [9.17, 15) is 9.59 Å². The summed E-state index contributed by atoms with van der Waals surface area (Å²) in [7, 11) is 0. The van der Waals surface area contributed by atoms with Gasteiger partial charge >= 0.3 is 5.63 Å². The number of hydrogen-bond donors (Lipinski definition) is 1. The lowest BCUT2D eigenvalue weighted by atomic mass is 10.1. The number of nitrogens with one attached hydrogen (secondary N) is 1. The van der Waals surface area contributed by atoms with Gasteiger partial charge in [-0.15, -0.1) is 0 Å². The maximum atomic E-state index is 12.4. The molecule has 0 fully saturated rings. The van der Waals surface area contributed by atoms with Gasteiger partial charge in [0, 0.05) is 31.4 Å². The number of hydrogen-bond acceptors (Lipinski definition) is 4. The number of benzene rings is 1. The van der Waals surface area contributed by atoms with Gasteiger partial charge in [-0.1, -0.05) is 31.5 Å². The van der Waals surface area contributed by atoms with Crippen molar-refractivity contribution in [2.75, 3.05) is 24.5 Å². The fourth-order valence-electron chi connectivity index (χ4n) is 3.01. The van der Waals surface area contributed by atoms with Gasteiger partial charge < -0.3 is 14.6 Å². The molecule has 1 aromatic heterocycles. The SMILES string of the molecule is CCCCN(CCCNC(=O)c1c(C)cc(=O)oc1C)c1ccccc1. The van der Waals surface area contributed by atoms with Crippen LogP contribution in [0, 0.1) is 13.8 Å². The molecule has 2 rings (SSSR count). The van der Waals surface area contributed by atoms with E-state index in [1.807, 2.05) is 18.2 Å². The second kappa shape index (κ2) is 9.80. The molecule has 0 saturated carbocycles. The zero-order valence-electron chi connectivity index (χ0n) is 15.9. The molecule has 1 amide bonds. The van der Waals surface area contributed by atoms with Gasteiger partial charge in [-0.25, -0.2) is 4.79 Å². The minimum atomic E-state index is -0.425. The number of carbonyl (C=O) groups is 1. The third kappa shape index (κ3) is 5.48. The van der Waals surface area contributed by atoms with Crippen molar-refractivity contribution < 1.29 is 9.21 Å². The van der Waals surface area contributed by atoms with E-state index >= 15 is 0 Å². The number of amides is 1. The largest absolute Gasteiger partial charge is 0.427 e. The Kier molecular flexibility index (Phi) is 7.45.